The highest BCUT2D eigenvalue weighted by molar-refractivity contribution is 5.86. The Morgan fingerprint density at radius 1 is 1.09 bits per heavy atom. The average Bonchev–Trinajstić information content (AvgIpc) is 3.54. The van der Waals surface area contributed by atoms with Crippen molar-refractivity contribution in [3.63, 3.8) is 0 Å². The number of hydrogen-bond donors (Lipinski definition) is 1. The van der Waals surface area contributed by atoms with Gasteiger partial charge in [0, 0.05) is 6.54 Å². The predicted octanol–water partition coefficient (Wildman–Crippen LogP) is 3.54. The number of fused-ring (bicyclic) bond motifs is 3. The normalized spacial score (nSPS) is 26.8. The Morgan fingerprint density at radius 3 is 2.55 bits per heavy atom. The Hall–Kier alpha value is -3.31. The Balaban J connectivity index is 1.27. The summed E-state index contributed by atoms with van der Waals surface area (Å²) in [4.78, 5) is 41.1. The molecule has 11 nitrogen and oxygen atoms in total. The maximum absolute atomic E-state index is 14.0. The fourth-order valence-corrected chi connectivity index (χ4v) is 7.43. The third kappa shape index (κ3) is 5.64. The van der Waals surface area contributed by atoms with E-state index in [0.29, 0.717) is 30.1 Å². The summed E-state index contributed by atoms with van der Waals surface area (Å²) in [5.41, 5.74) is -1.30. The first-order chi connectivity index (χ1) is 21.0. The van der Waals surface area contributed by atoms with Gasteiger partial charge in [-0.25, -0.2) is 4.79 Å². The standard InChI is InChI=1S/C33H43NO10/c1-31(2,44-29(36)20-7-8-20)10-5-12-33(38,18-26(35)40-4)30(37)43-28-25(39-3)17-32-11-6-13-34(32)14-9-21-15-23-24(42-19-41-23)16-22(21)27(28)32/h15-17,20,27-28,38H,5-14,18-19H2,1-4H3/t27-,28-,32+,33-/m1/s1. The van der Waals surface area contributed by atoms with Crippen LogP contribution in [-0.2, 0) is 39.8 Å². The summed E-state index contributed by atoms with van der Waals surface area (Å²) in [7, 11) is 2.77. The van der Waals surface area contributed by atoms with Gasteiger partial charge in [-0.05, 0) is 101 Å². The zero-order chi connectivity index (χ0) is 31.3. The summed E-state index contributed by atoms with van der Waals surface area (Å²) in [6.07, 6.45) is 5.60. The zero-order valence-electron chi connectivity index (χ0n) is 26.0. The first-order valence-electron chi connectivity index (χ1n) is 15.7. The van der Waals surface area contributed by atoms with Gasteiger partial charge in [0.25, 0.3) is 0 Å². The van der Waals surface area contributed by atoms with E-state index < -0.39 is 41.2 Å². The molecule has 2 aliphatic carbocycles. The van der Waals surface area contributed by atoms with E-state index in [1.165, 1.54) is 7.11 Å². The maximum atomic E-state index is 14.0. The minimum atomic E-state index is -2.16. The maximum Gasteiger partial charge on any atom is 0.339 e. The van der Waals surface area contributed by atoms with Crippen molar-refractivity contribution in [2.24, 2.45) is 5.92 Å². The fourth-order valence-electron chi connectivity index (χ4n) is 7.43. The highest BCUT2D eigenvalue weighted by Crippen LogP contribution is 2.55. The number of aliphatic hydroxyl groups is 1. The largest absolute Gasteiger partial charge is 0.497 e. The molecule has 0 amide bonds. The smallest absolute Gasteiger partial charge is 0.339 e. The molecule has 1 aromatic carbocycles. The molecule has 1 saturated carbocycles. The highest BCUT2D eigenvalue weighted by Gasteiger charge is 2.59. The van der Waals surface area contributed by atoms with Crippen LogP contribution in [0.1, 0.15) is 82.3 Å². The summed E-state index contributed by atoms with van der Waals surface area (Å²) in [5.74, 6) is -0.379. The van der Waals surface area contributed by atoms with Gasteiger partial charge in [0.1, 0.15) is 11.4 Å². The number of nitrogens with zero attached hydrogens (tertiary/aromatic N) is 1. The molecule has 3 aliphatic heterocycles. The number of benzene rings is 1. The van der Waals surface area contributed by atoms with Crippen LogP contribution in [0.2, 0.25) is 0 Å². The van der Waals surface area contributed by atoms with Crippen molar-refractivity contribution in [3.05, 3.63) is 35.1 Å². The molecule has 1 aromatic rings. The molecule has 1 spiro atoms. The van der Waals surface area contributed by atoms with E-state index in [1.807, 2.05) is 12.1 Å². The van der Waals surface area contributed by atoms with Crippen molar-refractivity contribution in [1.82, 2.24) is 4.90 Å². The number of carbonyl (C=O) groups excluding carboxylic acids is 3. The Morgan fingerprint density at radius 2 is 1.84 bits per heavy atom. The third-order valence-electron chi connectivity index (χ3n) is 9.90. The Kier molecular flexibility index (Phi) is 8.07. The van der Waals surface area contributed by atoms with Crippen LogP contribution in [0, 0.1) is 5.92 Å². The highest BCUT2D eigenvalue weighted by atomic mass is 16.7. The minimum absolute atomic E-state index is 0.0386. The van der Waals surface area contributed by atoms with E-state index in [0.717, 1.165) is 56.3 Å². The molecule has 0 unspecified atom stereocenters. The second-order valence-electron chi connectivity index (χ2n) is 13.4. The fraction of sp³-hybridized carbons (Fsp3) is 0.667. The van der Waals surface area contributed by atoms with Gasteiger partial charge in [0.05, 0.1) is 38.0 Å². The van der Waals surface area contributed by atoms with E-state index in [4.69, 9.17) is 28.4 Å². The number of carbonyl (C=O) groups is 3. The van der Waals surface area contributed by atoms with Crippen LogP contribution >= 0.6 is 0 Å². The number of hydrogen-bond acceptors (Lipinski definition) is 11. The monoisotopic (exact) mass is 613 g/mol. The van der Waals surface area contributed by atoms with Gasteiger partial charge in [0.15, 0.2) is 23.2 Å². The molecule has 1 N–H and O–H groups in total. The summed E-state index contributed by atoms with van der Waals surface area (Å²) >= 11 is 0. The van der Waals surface area contributed by atoms with Crippen molar-refractivity contribution < 1.29 is 47.9 Å². The number of ether oxygens (including phenoxy) is 6. The molecule has 0 radical (unpaired) electrons. The van der Waals surface area contributed by atoms with Crippen LogP contribution in [0.25, 0.3) is 0 Å². The molecular formula is C33H43NO10. The third-order valence-corrected chi connectivity index (χ3v) is 9.90. The zero-order valence-corrected chi connectivity index (χ0v) is 26.0. The second-order valence-corrected chi connectivity index (χ2v) is 13.4. The lowest BCUT2D eigenvalue weighted by Crippen LogP contribution is -2.49. The van der Waals surface area contributed by atoms with E-state index in [1.54, 1.807) is 21.0 Å². The molecular weight excluding hydrogens is 570 g/mol. The average molecular weight is 614 g/mol. The van der Waals surface area contributed by atoms with Crippen LogP contribution in [0.4, 0.5) is 0 Å². The van der Waals surface area contributed by atoms with Crippen LogP contribution in [0.15, 0.2) is 24.0 Å². The first-order valence-corrected chi connectivity index (χ1v) is 15.7. The molecule has 2 fully saturated rings. The molecule has 3 heterocycles. The molecule has 0 aromatic heterocycles. The van der Waals surface area contributed by atoms with Gasteiger partial charge < -0.3 is 33.5 Å². The van der Waals surface area contributed by atoms with Crippen molar-refractivity contribution in [3.8, 4) is 11.5 Å². The van der Waals surface area contributed by atoms with E-state index >= 15 is 0 Å². The van der Waals surface area contributed by atoms with Gasteiger partial charge in [-0.2, -0.15) is 0 Å². The van der Waals surface area contributed by atoms with Gasteiger partial charge >= 0.3 is 17.9 Å². The first kappa shape index (κ1) is 30.7. The quantitative estimate of drug-likeness (QED) is 0.291. The molecule has 5 aliphatic rings. The van der Waals surface area contributed by atoms with Crippen molar-refractivity contribution in [1.29, 1.82) is 0 Å². The predicted molar refractivity (Wildman–Crippen MR) is 156 cm³/mol. The van der Waals surface area contributed by atoms with Gasteiger partial charge in [0.2, 0.25) is 6.79 Å². The number of esters is 3. The Bertz CT molecular complexity index is 1350. The van der Waals surface area contributed by atoms with E-state index in [9.17, 15) is 19.5 Å². The van der Waals surface area contributed by atoms with Gasteiger partial charge in [-0.1, -0.05) is 0 Å². The topological polar surface area (TPSA) is 130 Å². The Labute approximate surface area is 257 Å². The number of methoxy groups -OCH3 is 2. The molecule has 44 heavy (non-hydrogen) atoms. The second kappa shape index (κ2) is 11.6. The van der Waals surface area contributed by atoms with Crippen molar-refractivity contribution in [2.45, 2.75) is 100 Å². The van der Waals surface area contributed by atoms with Gasteiger partial charge in [-0.3, -0.25) is 14.5 Å². The van der Waals surface area contributed by atoms with Crippen molar-refractivity contribution >= 4 is 17.9 Å². The van der Waals surface area contributed by atoms with E-state index in [2.05, 4.69) is 11.0 Å². The lowest BCUT2D eigenvalue weighted by Gasteiger charge is -2.39. The lowest BCUT2D eigenvalue weighted by molar-refractivity contribution is -0.179. The number of rotatable bonds is 11. The van der Waals surface area contributed by atoms with Crippen LogP contribution in [0.3, 0.4) is 0 Å². The minimum Gasteiger partial charge on any atom is -0.497 e. The summed E-state index contributed by atoms with van der Waals surface area (Å²) < 4.78 is 34.0. The SMILES string of the molecule is COC(=O)C[C@](O)(CCCC(C)(C)OC(=O)C1CC1)C(=O)O[C@@H]1C(OC)=C[C@]23CCCN2CCc2cc4c(cc2[C@H]13)OCO4. The summed E-state index contributed by atoms with van der Waals surface area (Å²) in [6.45, 7) is 5.49. The van der Waals surface area contributed by atoms with Crippen LogP contribution < -0.4 is 9.47 Å². The van der Waals surface area contributed by atoms with E-state index in [-0.39, 0.29) is 31.0 Å². The lowest BCUT2D eigenvalue weighted by atomic mass is 9.77. The molecule has 240 valence electrons. The molecule has 1 saturated heterocycles. The van der Waals surface area contributed by atoms with Gasteiger partial charge in [-0.15, -0.1) is 0 Å². The molecule has 11 heteroatoms. The van der Waals surface area contributed by atoms with Crippen molar-refractivity contribution in [2.75, 3.05) is 34.1 Å². The summed E-state index contributed by atoms with van der Waals surface area (Å²) in [5, 5.41) is 11.7. The molecule has 6 rings (SSSR count). The van der Waals surface area contributed by atoms with Crippen LogP contribution in [-0.4, -0.2) is 84.9 Å². The van der Waals surface area contributed by atoms with Crippen LogP contribution in [0.5, 0.6) is 11.5 Å². The molecule has 4 atom stereocenters. The summed E-state index contributed by atoms with van der Waals surface area (Å²) in [6, 6.07) is 4.01. The molecule has 0 bridgehead atoms.